The van der Waals surface area contributed by atoms with E-state index in [-0.39, 0.29) is 17.7 Å². The van der Waals surface area contributed by atoms with Gasteiger partial charge in [0.2, 0.25) is 5.91 Å². The van der Waals surface area contributed by atoms with Crippen LogP contribution in [0, 0.1) is 23.2 Å². The van der Waals surface area contributed by atoms with Crippen molar-refractivity contribution in [1.29, 1.82) is 0 Å². The van der Waals surface area contributed by atoms with Gasteiger partial charge in [-0.25, -0.2) is 0 Å². The van der Waals surface area contributed by atoms with E-state index < -0.39 is 12.0 Å². The van der Waals surface area contributed by atoms with Gasteiger partial charge in [-0.05, 0) is 74.0 Å². The van der Waals surface area contributed by atoms with Gasteiger partial charge in [0.1, 0.15) is 0 Å². The molecule has 134 valence electrons. The molecule has 4 bridgehead atoms. The molecule has 4 aliphatic rings. The lowest BCUT2D eigenvalue weighted by molar-refractivity contribution is -0.306. The van der Waals surface area contributed by atoms with Crippen LogP contribution in [-0.4, -0.2) is 11.9 Å². The Morgan fingerprint density at radius 1 is 1.08 bits per heavy atom. The van der Waals surface area contributed by atoms with Gasteiger partial charge in [0.15, 0.2) is 0 Å². The molecule has 1 N–H and O–H groups in total. The number of halogens is 1. The SMILES string of the molecule is O=C([O-])C[C@H](NC(=O)C12CC3CC(CC(C3)C1)C2)c1ccc(Cl)cc1. The third kappa shape index (κ3) is 3.29. The minimum absolute atomic E-state index is 0.0350. The van der Waals surface area contributed by atoms with Gasteiger partial charge in [-0.15, -0.1) is 0 Å². The van der Waals surface area contributed by atoms with Crippen molar-refractivity contribution in [2.75, 3.05) is 0 Å². The van der Waals surface area contributed by atoms with Crippen molar-refractivity contribution in [1.82, 2.24) is 5.32 Å². The second-order valence-electron chi connectivity index (χ2n) is 8.35. The van der Waals surface area contributed by atoms with Crippen LogP contribution in [0.2, 0.25) is 5.02 Å². The van der Waals surface area contributed by atoms with Gasteiger partial charge in [-0.3, -0.25) is 4.79 Å². The van der Waals surface area contributed by atoms with E-state index in [0.717, 1.165) is 24.8 Å². The van der Waals surface area contributed by atoms with E-state index >= 15 is 0 Å². The number of carboxylic acids is 1. The molecule has 1 aromatic rings. The third-order valence-corrected chi connectivity index (χ3v) is 6.72. The topological polar surface area (TPSA) is 69.2 Å². The number of hydrogen-bond donors (Lipinski definition) is 1. The Morgan fingerprint density at radius 2 is 1.60 bits per heavy atom. The van der Waals surface area contributed by atoms with Gasteiger partial charge >= 0.3 is 0 Å². The van der Waals surface area contributed by atoms with E-state index in [1.54, 1.807) is 24.3 Å². The standard InChI is InChI=1S/C20H24ClNO3/c21-16-3-1-15(2-4-16)17(8-18(23)24)22-19(25)20-9-12-5-13(10-20)7-14(6-12)11-20/h1-4,12-14,17H,5-11H2,(H,22,25)(H,23,24)/p-1/t12?,13?,14?,17-,20?/m0/s1. The third-order valence-electron chi connectivity index (χ3n) is 6.47. The molecule has 4 saturated carbocycles. The Kier molecular flexibility index (Phi) is 4.27. The summed E-state index contributed by atoms with van der Waals surface area (Å²) in [6, 6.07) is 6.42. The van der Waals surface area contributed by atoms with Crippen LogP contribution in [0.3, 0.4) is 0 Å². The van der Waals surface area contributed by atoms with Crippen molar-refractivity contribution >= 4 is 23.5 Å². The van der Waals surface area contributed by atoms with Crippen molar-refractivity contribution in [3.8, 4) is 0 Å². The zero-order valence-electron chi connectivity index (χ0n) is 14.2. The Morgan fingerprint density at radius 3 is 2.08 bits per heavy atom. The van der Waals surface area contributed by atoms with Gasteiger partial charge in [-0.1, -0.05) is 23.7 Å². The first kappa shape index (κ1) is 16.9. The zero-order chi connectivity index (χ0) is 17.6. The molecule has 0 saturated heterocycles. The molecule has 0 heterocycles. The normalized spacial score (nSPS) is 33.9. The molecule has 25 heavy (non-hydrogen) atoms. The first-order valence-electron chi connectivity index (χ1n) is 9.20. The van der Waals surface area contributed by atoms with Crippen molar-refractivity contribution in [3.05, 3.63) is 34.9 Å². The lowest BCUT2D eigenvalue weighted by atomic mass is 9.49. The van der Waals surface area contributed by atoms with Crippen LogP contribution >= 0.6 is 11.6 Å². The number of hydrogen-bond acceptors (Lipinski definition) is 3. The van der Waals surface area contributed by atoms with Crippen LogP contribution in [0.15, 0.2) is 24.3 Å². The highest BCUT2D eigenvalue weighted by molar-refractivity contribution is 6.30. The van der Waals surface area contributed by atoms with Crippen LogP contribution in [-0.2, 0) is 9.59 Å². The van der Waals surface area contributed by atoms with E-state index in [4.69, 9.17) is 11.6 Å². The molecule has 4 aliphatic carbocycles. The largest absolute Gasteiger partial charge is 0.550 e. The first-order chi connectivity index (χ1) is 11.9. The molecule has 0 aromatic heterocycles. The summed E-state index contributed by atoms with van der Waals surface area (Å²) in [6.45, 7) is 0. The number of carbonyl (C=O) groups excluding carboxylic acids is 2. The van der Waals surface area contributed by atoms with Gasteiger partial charge < -0.3 is 15.2 Å². The monoisotopic (exact) mass is 360 g/mol. The van der Waals surface area contributed by atoms with Gasteiger partial charge in [-0.2, -0.15) is 0 Å². The highest BCUT2D eigenvalue weighted by Crippen LogP contribution is 2.60. The molecule has 0 aliphatic heterocycles. The summed E-state index contributed by atoms with van der Waals surface area (Å²) >= 11 is 5.92. The molecule has 0 unspecified atom stereocenters. The average molecular weight is 361 g/mol. The molecule has 1 aromatic carbocycles. The number of aliphatic carboxylic acids is 1. The minimum Gasteiger partial charge on any atom is -0.550 e. The van der Waals surface area contributed by atoms with E-state index in [1.807, 2.05) is 0 Å². The average Bonchev–Trinajstić information content (AvgIpc) is 2.53. The highest BCUT2D eigenvalue weighted by Gasteiger charge is 2.54. The zero-order valence-corrected chi connectivity index (χ0v) is 14.9. The van der Waals surface area contributed by atoms with Gasteiger partial charge in [0, 0.05) is 22.8 Å². The summed E-state index contributed by atoms with van der Waals surface area (Å²) in [4.78, 5) is 24.4. The summed E-state index contributed by atoms with van der Waals surface area (Å²) in [6.07, 6.45) is 6.47. The molecular weight excluding hydrogens is 338 g/mol. The maximum atomic E-state index is 13.2. The summed E-state index contributed by atoms with van der Waals surface area (Å²) in [5.41, 5.74) is 0.470. The fraction of sp³-hybridized carbons (Fsp3) is 0.600. The minimum atomic E-state index is -1.16. The highest BCUT2D eigenvalue weighted by atomic mass is 35.5. The summed E-state index contributed by atoms with van der Waals surface area (Å²) in [7, 11) is 0. The first-order valence-corrected chi connectivity index (χ1v) is 9.57. The predicted octanol–water partition coefficient (Wildman–Crippen LogP) is 2.85. The second-order valence-corrected chi connectivity index (χ2v) is 8.79. The predicted molar refractivity (Wildman–Crippen MR) is 92.6 cm³/mol. The van der Waals surface area contributed by atoms with Crippen LogP contribution < -0.4 is 10.4 Å². The Hall–Kier alpha value is -1.55. The van der Waals surface area contributed by atoms with Crippen LogP contribution in [0.25, 0.3) is 0 Å². The molecule has 5 rings (SSSR count). The lowest BCUT2D eigenvalue weighted by Crippen LogP contribution is -2.54. The van der Waals surface area contributed by atoms with Crippen LogP contribution in [0.1, 0.15) is 56.6 Å². The van der Waals surface area contributed by atoms with E-state index in [1.165, 1.54) is 19.3 Å². The van der Waals surface area contributed by atoms with E-state index in [0.29, 0.717) is 22.8 Å². The molecule has 0 radical (unpaired) electrons. The van der Waals surface area contributed by atoms with Gasteiger partial charge in [0.05, 0.1) is 6.04 Å². The number of carboxylic acid groups (broad SMARTS) is 1. The number of benzene rings is 1. The van der Waals surface area contributed by atoms with E-state index in [9.17, 15) is 14.7 Å². The lowest BCUT2D eigenvalue weighted by Gasteiger charge is -2.55. The number of amides is 1. The molecular formula is C20H23ClNO3-. The Balaban J connectivity index is 1.54. The van der Waals surface area contributed by atoms with Gasteiger partial charge in [0.25, 0.3) is 0 Å². The fourth-order valence-electron chi connectivity index (χ4n) is 5.81. The number of rotatable bonds is 5. The van der Waals surface area contributed by atoms with Crippen molar-refractivity contribution in [3.63, 3.8) is 0 Å². The smallest absolute Gasteiger partial charge is 0.226 e. The fourth-order valence-corrected chi connectivity index (χ4v) is 5.94. The molecule has 0 spiro atoms. The van der Waals surface area contributed by atoms with E-state index in [2.05, 4.69) is 5.32 Å². The maximum absolute atomic E-state index is 13.2. The van der Waals surface area contributed by atoms with Crippen molar-refractivity contribution < 1.29 is 14.7 Å². The molecule has 4 nitrogen and oxygen atoms in total. The summed E-state index contributed by atoms with van der Waals surface area (Å²) < 4.78 is 0. The summed E-state index contributed by atoms with van der Waals surface area (Å²) in [5, 5.41) is 14.8. The maximum Gasteiger partial charge on any atom is 0.226 e. The van der Waals surface area contributed by atoms with Crippen molar-refractivity contribution in [2.24, 2.45) is 23.2 Å². The molecule has 1 atom stereocenters. The number of carbonyl (C=O) groups is 2. The molecule has 5 heteroatoms. The molecule has 4 fully saturated rings. The quantitative estimate of drug-likeness (QED) is 0.877. The molecule has 1 amide bonds. The van der Waals surface area contributed by atoms with Crippen molar-refractivity contribution in [2.45, 2.75) is 51.0 Å². The van der Waals surface area contributed by atoms with Crippen LogP contribution in [0.5, 0.6) is 0 Å². The van der Waals surface area contributed by atoms with Crippen LogP contribution in [0.4, 0.5) is 0 Å². The Bertz CT molecular complexity index is 649. The summed E-state index contributed by atoms with van der Waals surface area (Å²) in [5.74, 6) is 0.893. The second kappa shape index (κ2) is 6.31. The Labute approximate surface area is 152 Å². The number of nitrogens with one attached hydrogen (secondary N) is 1.